The lowest BCUT2D eigenvalue weighted by Crippen LogP contribution is -2.34. The number of hydrogen-bond donors (Lipinski definition) is 1. The van der Waals surface area contributed by atoms with Crippen LogP contribution in [0.4, 0.5) is 0 Å². The molecule has 25 heavy (non-hydrogen) atoms. The molecule has 1 amide bonds. The van der Waals surface area contributed by atoms with E-state index in [-0.39, 0.29) is 5.91 Å². The second kappa shape index (κ2) is 10.5. The Morgan fingerprint density at radius 1 is 1.20 bits per heavy atom. The van der Waals surface area contributed by atoms with Crippen molar-refractivity contribution >= 4 is 34.2 Å². The third-order valence-electron chi connectivity index (χ3n) is 4.12. The van der Waals surface area contributed by atoms with Gasteiger partial charge in [0.15, 0.2) is 11.5 Å². The van der Waals surface area contributed by atoms with Gasteiger partial charge in [-0.3, -0.25) is 4.79 Å². The van der Waals surface area contributed by atoms with Gasteiger partial charge in [-0.15, -0.1) is 0 Å². The number of carbonyl (C=O) groups excluding carboxylic acids is 1. The van der Waals surface area contributed by atoms with Gasteiger partial charge in [-0.05, 0) is 43.4 Å². The molecule has 1 heterocycles. The Hall–Kier alpha value is -1.47. The molecule has 0 atom stereocenters. The summed E-state index contributed by atoms with van der Waals surface area (Å²) < 4.78 is 11.4. The van der Waals surface area contributed by atoms with E-state index in [0.717, 1.165) is 29.4 Å². The maximum atomic E-state index is 12.0. The fraction of sp³-hybridized carbons (Fsp3) is 0.556. The molecule has 1 fully saturated rings. The van der Waals surface area contributed by atoms with Crippen LogP contribution in [0, 0.1) is 0 Å². The molecule has 0 spiro atoms. The number of likely N-dealkylation sites (tertiary alicyclic amines) is 1. The van der Waals surface area contributed by atoms with Crippen LogP contribution in [0.2, 0.25) is 0 Å². The summed E-state index contributed by atoms with van der Waals surface area (Å²) in [6, 6.07) is 5.79. The van der Waals surface area contributed by atoms with E-state index in [2.05, 4.69) is 10.2 Å². The molecular weight excluding hydrogens is 356 g/mol. The summed E-state index contributed by atoms with van der Waals surface area (Å²) >= 11 is 6.87. The first kappa shape index (κ1) is 19.8. The Morgan fingerprint density at radius 3 is 2.60 bits per heavy atom. The van der Waals surface area contributed by atoms with Crippen molar-refractivity contribution < 1.29 is 14.3 Å². The highest BCUT2D eigenvalue weighted by atomic mass is 32.2. The van der Waals surface area contributed by atoms with Gasteiger partial charge in [0.2, 0.25) is 5.91 Å². The largest absolute Gasteiger partial charge is 0.493 e. The van der Waals surface area contributed by atoms with E-state index >= 15 is 0 Å². The molecule has 2 rings (SSSR count). The number of rotatable bonds is 7. The molecule has 0 bridgehead atoms. The second-order valence-electron chi connectivity index (χ2n) is 5.89. The molecule has 0 aliphatic carbocycles. The Labute approximate surface area is 159 Å². The summed E-state index contributed by atoms with van der Waals surface area (Å²) in [5, 5.41) is 2.95. The number of thiocarbonyl (C=S) groups is 1. The molecule has 138 valence electrons. The Bertz CT molecular complexity index is 590. The molecule has 1 N–H and O–H groups in total. The third-order valence-corrected chi connectivity index (χ3v) is 5.65. The minimum atomic E-state index is 0.0184. The molecule has 0 unspecified atom stereocenters. The minimum absolute atomic E-state index is 0.0184. The van der Waals surface area contributed by atoms with Crippen molar-refractivity contribution in [2.24, 2.45) is 0 Å². The van der Waals surface area contributed by atoms with Gasteiger partial charge >= 0.3 is 0 Å². The number of methoxy groups -OCH3 is 2. The van der Waals surface area contributed by atoms with E-state index in [1.54, 1.807) is 14.2 Å². The Kier molecular flexibility index (Phi) is 8.34. The number of nitrogens with zero attached hydrogens (tertiary/aromatic N) is 1. The zero-order valence-electron chi connectivity index (χ0n) is 14.9. The quantitative estimate of drug-likeness (QED) is 0.732. The SMILES string of the molecule is COc1ccc(CCNC(=O)CSC(=S)N2CCCCC2)cc1OC. The number of ether oxygens (including phenoxy) is 2. The van der Waals surface area contributed by atoms with Crippen molar-refractivity contribution in [3.63, 3.8) is 0 Å². The van der Waals surface area contributed by atoms with Gasteiger partial charge in [-0.1, -0.05) is 30.0 Å². The van der Waals surface area contributed by atoms with E-state index in [1.807, 2.05) is 18.2 Å². The fourth-order valence-electron chi connectivity index (χ4n) is 2.73. The van der Waals surface area contributed by atoms with E-state index in [4.69, 9.17) is 21.7 Å². The molecule has 0 radical (unpaired) electrons. The Balaban J connectivity index is 1.69. The van der Waals surface area contributed by atoms with Gasteiger partial charge in [-0.25, -0.2) is 0 Å². The summed E-state index contributed by atoms with van der Waals surface area (Å²) in [6.45, 7) is 2.63. The van der Waals surface area contributed by atoms with Crippen LogP contribution in [-0.2, 0) is 11.2 Å². The highest BCUT2D eigenvalue weighted by Gasteiger charge is 2.14. The third kappa shape index (κ3) is 6.40. The van der Waals surface area contributed by atoms with Crippen molar-refractivity contribution in [1.29, 1.82) is 0 Å². The van der Waals surface area contributed by atoms with Crippen LogP contribution < -0.4 is 14.8 Å². The molecule has 0 aromatic heterocycles. The molecule has 1 aromatic rings. The van der Waals surface area contributed by atoms with Gasteiger partial charge in [0.1, 0.15) is 4.32 Å². The van der Waals surface area contributed by atoms with E-state index in [1.165, 1.54) is 31.0 Å². The van der Waals surface area contributed by atoms with Crippen LogP contribution in [0.5, 0.6) is 11.5 Å². The van der Waals surface area contributed by atoms with Crippen molar-refractivity contribution in [3.05, 3.63) is 23.8 Å². The smallest absolute Gasteiger partial charge is 0.230 e. The lowest BCUT2D eigenvalue weighted by molar-refractivity contribution is -0.118. The van der Waals surface area contributed by atoms with Gasteiger partial charge < -0.3 is 19.7 Å². The zero-order valence-corrected chi connectivity index (χ0v) is 16.5. The number of hydrogen-bond acceptors (Lipinski definition) is 5. The van der Waals surface area contributed by atoms with Crippen LogP contribution in [0.25, 0.3) is 0 Å². The standard InChI is InChI=1S/C18H26N2O3S2/c1-22-15-7-6-14(12-16(15)23-2)8-9-19-17(21)13-25-18(24)20-10-4-3-5-11-20/h6-7,12H,3-5,8-11,13H2,1-2H3,(H,19,21). The summed E-state index contributed by atoms with van der Waals surface area (Å²) in [7, 11) is 3.23. The predicted octanol–water partition coefficient (Wildman–Crippen LogP) is 2.87. The topological polar surface area (TPSA) is 50.8 Å². The summed E-state index contributed by atoms with van der Waals surface area (Å²) in [4.78, 5) is 14.2. The molecule has 5 nitrogen and oxygen atoms in total. The predicted molar refractivity (Wildman–Crippen MR) is 107 cm³/mol. The average molecular weight is 383 g/mol. The van der Waals surface area contributed by atoms with E-state index < -0.39 is 0 Å². The highest BCUT2D eigenvalue weighted by molar-refractivity contribution is 8.23. The molecule has 1 saturated heterocycles. The number of nitrogens with one attached hydrogen (secondary N) is 1. The number of thioether (sulfide) groups is 1. The van der Waals surface area contributed by atoms with Gasteiger partial charge in [0.25, 0.3) is 0 Å². The van der Waals surface area contributed by atoms with Crippen LogP contribution in [0.15, 0.2) is 18.2 Å². The lowest BCUT2D eigenvalue weighted by atomic mass is 10.1. The molecule has 1 aliphatic rings. The normalized spacial score (nSPS) is 14.1. The van der Waals surface area contributed by atoms with Crippen LogP contribution >= 0.6 is 24.0 Å². The van der Waals surface area contributed by atoms with Crippen molar-refractivity contribution in [3.8, 4) is 11.5 Å². The summed E-state index contributed by atoms with van der Waals surface area (Å²) in [5.74, 6) is 1.80. The monoisotopic (exact) mass is 382 g/mol. The molecular formula is C18H26N2O3S2. The van der Waals surface area contributed by atoms with Crippen molar-refractivity contribution in [1.82, 2.24) is 10.2 Å². The lowest BCUT2D eigenvalue weighted by Gasteiger charge is -2.28. The fourth-order valence-corrected chi connectivity index (χ4v) is 3.81. The molecule has 1 aromatic carbocycles. The van der Waals surface area contributed by atoms with E-state index in [0.29, 0.717) is 23.8 Å². The minimum Gasteiger partial charge on any atom is -0.493 e. The number of amides is 1. The Morgan fingerprint density at radius 2 is 1.92 bits per heavy atom. The van der Waals surface area contributed by atoms with Crippen LogP contribution in [0.3, 0.4) is 0 Å². The van der Waals surface area contributed by atoms with Gasteiger partial charge in [0, 0.05) is 19.6 Å². The van der Waals surface area contributed by atoms with Crippen molar-refractivity contribution in [2.45, 2.75) is 25.7 Å². The molecule has 1 aliphatic heterocycles. The van der Waals surface area contributed by atoms with E-state index in [9.17, 15) is 4.79 Å². The maximum Gasteiger partial charge on any atom is 0.230 e. The summed E-state index contributed by atoms with van der Waals surface area (Å²) in [6.07, 6.45) is 4.41. The zero-order chi connectivity index (χ0) is 18.1. The van der Waals surface area contributed by atoms with Crippen LogP contribution in [-0.4, -0.2) is 54.7 Å². The molecule has 0 saturated carbocycles. The summed E-state index contributed by atoms with van der Waals surface area (Å²) in [5.41, 5.74) is 1.09. The average Bonchev–Trinajstić information content (AvgIpc) is 2.66. The molecule has 7 heteroatoms. The van der Waals surface area contributed by atoms with Gasteiger partial charge in [-0.2, -0.15) is 0 Å². The van der Waals surface area contributed by atoms with Crippen LogP contribution in [0.1, 0.15) is 24.8 Å². The van der Waals surface area contributed by atoms with Gasteiger partial charge in [0.05, 0.1) is 20.0 Å². The first-order chi connectivity index (χ1) is 12.1. The first-order valence-corrected chi connectivity index (χ1v) is 9.92. The maximum absolute atomic E-state index is 12.0. The number of carbonyl (C=O) groups is 1. The van der Waals surface area contributed by atoms with Crippen molar-refractivity contribution in [2.75, 3.05) is 39.6 Å². The number of piperidine rings is 1. The highest BCUT2D eigenvalue weighted by Crippen LogP contribution is 2.27. The first-order valence-electron chi connectivity index (χ1n) is 8.53. The number of benzene rings is 1. The second-order valence-corrected chi connectivity index (χ2v) is 7.50.